The molecule has 1 aliphatic rings. The van der Waals surface area contributed by atoms with Crippen LogP contribution in [-0.2, 0) is 13.1 Å². The lowest BCUT2D eigenvalue weighted by Gasteiger charge is -2.28. The third kappa shape index (κ3) is 4.02. The lowest BCUT2D eigenvalue weighted by Crippen LogP contribution is -2.37. The van der Waals surface area contributed by atoms with E-state index in [2.05, 4.69) is 57.9 Å². The maximum atomic E-state index is 5.67. The second-order valence-corrected chi connectivity index (χ2v) is 6.42. The van der Waals surface area contributed by atoms with Crippen LogP contribution < -0.4 is 5.73 Å². The molecule has 1 fully saturated rings. The Morgan fingerprint density at radius 1 is 1.37 bits per heavy atom. The molecule has 0 amide bonds. The van der Waals surface area contributed by atoms with E-state index in [-0.39, 0.29) is 0 Å². The summed E-state index contributed by atoms with van der Waals surface area (Å²) in [5, 5.41) is 0. The van der Waals surface area contributed by atoms with Crippen LogP contribution in [0, 0.1) is 0 Å². The summed E-state index contributed by atoms with van der Waals surface area (Å²) in [5.41, 5.74) is 8.21. The van der Waals surface area contributed by atoms with Gasteiger partial charge in [0, 0.05) is 36.7 Å². The highest BCUT2D eigenvalue weighted by Crippen LogP contribution is 2.22. The van der Waals surface area contributed by atoms with Gasteiger partial charge in [-0.3, -0.25) is 4.90 Å². The Morgan fingerprint density at radius 2 is 2.16 bits per heavy atom. The van der Waals surface area contributed by atoms with Crippen LogP contribution in [0.15, 0.2) is 22.7 Å². The van der Waals surface area contributed by atoms with Crippen molar-refractivity contribution in [3.63, 3.8) is 0 Å². The van der Waals surface area contributed by atoms with Gasteiger partial charge in [0.1, 0.15) is 0 Å². The van der Waals surface area contributed by atoms with Gasteiger partial charge in [0.25, 0.3) is 0 Å². The molecular weight excluding hydrogens is 302 g/mol. The molecule has 1 atom stereocenters. The van der Waals surface area contributed by atoms with Gasteiger partial charge < -0.3 is 10.6 Å². The molecule has 1 saturated heterocycles. The molecule has 106 valence electrons. The smallest absolute Gasteiger partial charge is 0.0248 e. The van der Waals surface area contributed by atoms with E-state index in [9.17, 15) is 0 Å². The van der Waals surface area contributed by atoms with Crippen LogP contribution in [-0.4, -0.2) is 42.5 Å². The summed E-state index contributed by atoms with van der Waals surface area (Å²) in [5.74, 6) is 0. The van der Waals surface area contributed by atoms with Crippen molar-refractivity contribution in [3.05, 3.63) is 33.8 Å². The second kappa shape index (κ2) is 6.84. The van der Waals surface area contributed by atoms with E-state index in [0.717, 1.165) is 13.1 Å². The normalized spacial score (nSPS) is 22.4. The Bertz CT molecular complexity index is 422. The van der Waals surface area contributed by atoms with Crippen LogP contribution in [0.4, 0.5) is 0 Å². The molecule has 0 radical (unpaired) electrons. The zero-order chi connectivity index (χ0) is 13.8. The first-order valence-electron chi connectivity index (χ1n) is 7.00. The first kappa shape index (κ1) is 15.0. The fourth-order valence-electron chi connectivity index (χ4n) is 2.72. The first-order valence-corrected chi connectivity index (χ1v) is 7.79. The number of halogens is 1. The van der Waals surface area contributed by atoms with Gasteiger partial charge in [0.15, 0.2) is 0 Å². The van der Waals surface area contributed by atoms with Gasteiger partial charge in [-0.2, -0.15) is 0 Å². The Hall–Kier alpha value is -0.420. The molecule has 0 saturated carbocycles. The molecule has 0 aliphatic carbocycles. The predicted octanol–water partition coefficient (Wildman–Crippen LogP) is 2.43. The number of hydrogen-bond donors (Lipinski definition) is 1. The summed E-state index contributed by atoms with van der Waals surface area (Å²) >= 11 is 3.67. The zero-order valence-electron chi connectivity index (χ0n) is 11.9. The van der Waals surface area contributed by atoms with Gasteiger partial charge in [-0.1, -0.05) is 28.1 Å². The quantitative estimate of drug-likeness (QED) is 0.926. The molecule has 1 aromatic rings. The molecule has 19 heavy (non-hydrogen) atoms. The molecule has 3 nitrogen and oxygen atoms in total. The molecule has 0 aromatic heterocycles. The Balaban J connectivity index is 2.07. The maximum absolute atomic E-state index is 5.67. The van der Waals surface area contributed by atoms with Crippen molar-refractivity contribution in [2.24, 2.45) is 5.73 Å². The van der Waals surface area contributed by atoms with Crippen LogP contribution in [0.2, 0.25) is 0 Å². The standard InChI is InChI=1S/C15H24BrN3/c1-12-10-18(2)6-3-7-19(12)11-14-5-4-13(9-17)8-15(14)16/h4-5,8,12H,3,6-7,9-11,17H2,1-2H3. The minimum atomic E-state index is 0.601. The predicted molar refractivity (Wildman–Crippen MR) is 84.0 cm³/mol. The fourth-order valence-corrected chi connectivity index (χ4v) is 3.27. The molecule has 1 unspecified atom stereocenters. The summed E-state index contributed by atoms with van der Waals surface area (Å²) in [4.78, 5) is 5.00. The third-order valence-electron chi connectivity index (χ3n) is 3.91. The highest BCUT2D eigenvalue weighted by molar-refractivity contribution is 9.10. The molecule has 0 bridgehead atoms. The number of hydrogen-bond acceptors (Lipinski definition) is 3. The molecule has 1 aromatic carbocycles. The third-order valence-corrected chi connectivity index (χ3v) is 4.65. The van der Waals surface area contributed by atoms with Gasteiger partial charge >= 0.3 is 0 Å². The lowest BCUT2D eigenvalue weighted by atomic mass is 10.1. The van der Waals surface area contributed by atoms with Crippen LogP contribution in [0.1, 0.15) is 24.5 Å². The van der Waals surface area contributed by atoms with Crippen molar-refractivity contribution >= 4 is 15.9 Å². The van der Waals surface area contributed by atoms with Crippen LogP contribution >= 0.6 is 15.9 Å². The zero-order valence-corrected chi connectivity index (χ0v) is 13.5. The number of nitrogens with zero attached hydrogens (tertiary/aromatic N) is 2. The summed E-state index contributed by atoms with van der Waals surface area (Å²) in [7, 11) is 2.21. The van der Waals surface area contributed by atoms with E-state index in [1.165, 1.54) is 35.1 Å². The lowest BCUT2D eigenvalue weighted by molar-refractivity contribution is 0.194. The van der Waals surface area contributed by atoms with Crippen LogP contribution in [0.3, 0.4) is 0 Å². The molecule has 0 spiro atoms. The van der Waals surface area contributed by atoms with Crippen molar-refractivity contribution in [2.75, 3.05) is 26.7 Å². The highest BCUT2D eigenvalue weighted by atomic mass is 79.9. The van der Waals surface area contributed by atoms with Gasteiger partial charge in [-0.25, -0.2) is 0 Å². The van der Waals surface area contributed by atoms with Crippen molar-refractivity contribution < 1.29 is 0 Å². The number of rotatable bonds is 3. The summed E-state index contributed by atoms with van der Waals surface area (Å²) in [6.07, 6.45) is 1.25. The monoisotopic (exact) mass is 325 g/mol. The molecule has 1 heterocycles. The summed E-state index contributed by atoms with van der Waals surface area (Å²) < 4.78 is 1.18. The largest absolute Gasteiger partial charge is 0.326 e. The minimum Gasteiger partial charge on any atom is -0.326 e. The topological polar surface area (TPSA) is 32.5 Å². The number of nitrogens with two attached hydrogens (primary N) is 1. The van der Waals surface area contributed by atoms with E-state index in [1.54, 1.807) is 0 Å². The average Bonchev–Trinajstić information content (AvgIpc) is 2.53. The van der Waals surface area contributed by atoms with Gasteiger partial charge in [-0.05, 0) is 44.1 Å². The van der Waals surface area contributed by atoms with Crippen molar-refractivity contribution in [1.29, 1.82) is 0 Å². The average molecular weight is 326 g/mol. The molecule has 1 aliphatic heterocycles. The van der Waals surface area contributed by atoms with Crippen LogP contribution in [0.25, 0.3) is 0 Å². The molecule has 2 rings (SSSR count). The van der Waals surface area contributed by atoms with Gasteiger partial charge in [0.2, 0.25) is 0 Å². The molecule has 2 N–H and O–H groups in total. The summed E-state index contributed by atoms with van der Waals surface area (Å²) in [6, 6.07) is 7.08. The van der Waals surface area contributed by atoms with Crippen molar-refractivity contribution in [3.8, 4) is 0 Å². The molecule has 4 heteroatoms. The van der Waals surface area contributed by atoms with E-state index < -0.39 is 0 Å². The number of benzene rings is 1. The van der Waals surface area contributed by atoms with Gasteiger partial charge in [-0.15, -0.1) is 0 Å². The van der Waals surface area contributed by atoms with Crippen molar-refractivity contribution in [1.82, 2.24) is 9.80 Å². The SMILES string of the molecule is CC1CN(C)CCCN1Cc1ccc(CN)cc1Br. The first-order chi connectivity index (χ1) is 9.10. The Morgan fingerprint density at radius 3 is 2.84 bits per heavy atom. The molecular formula is C15H24BrN3. The minimum absolute atomic E-state index is 0.601. The highest BCUT2D eigenvalue weighted by Gasteiger charge is 2.20. The van der Waals surface area contributed by atoms with E-state index in [1.807, 2.05) is 0 Å². The van der Waals surface area contributed by atoms with Crippen LogP contribution in [0.5, 0.6) is 0 Å². The van der Waals surface area contributed by atoms with E-state index >= 15 is 0 Å². The second-order valence-electron chi connectivity index (χ2n) is 5.57. The summed E-state index contributed by atoms with van der Waals surface area (Å²) in [6.45, 7) is 7.47. The maximum Gasteiger partial charge on any atom is 0.0248 e. The Labute approximate surface area is 124 Å². The number of likely N-dealkylation sites (N-methyl/N-ethyl adjacent to an activating group) is 1. The Kier molecular flexibility index (Phi) is 5.39. The van der Waals surface area contributed by atoms with Gasteiger partial charge in [0.05, 0.1) is 0 Å². The fraction of sp³-hybridized carbons (Fsp3) is 0.600. The van der Waals surface area contributed by atoms with E-state index in [0.29, 0.717) is 12.6 Å². The van der Waals surface area contributed by atoms with E-state index in [4.69, 9.17) is 5.73 Å². The van der Waals surface area contributed by atoms with Crippen molar-refractivity contribution in [2.45, 2.75) is 32.5 Å².